The number of carbonyl (C=O) groups excluding carboxylic acids is 1. The van der Waals surface area contributed by atoms with Gasteiger partial charge in [-0.25, -0.2) is 4.39 Å². The lowest BCUT2D eigenvalue weighted by atomic mass is 10.2. The number of ether oxygens (including phenoxy) is 1. The first-order valence-corrected chi connectivity index (χ1v) is 6.57. The summed E-state index contributed by atoms with van der Waals surface area (Å²) < 4.78 is 18.6. The molecule has 0 fully saturated rings. The van der Waals surface area contributed by atoms with Gasteiger partial charge in [0.15, 0.2) is 0 Å². The van der Waals surface area contributed by atoms with Crippen LogP contribution in [-0.4, -0.2) is 19.6 Å². The van der Waals surface area contributed by atoms with Crippen LogP contribution in [-0.2, 0) is 11.3 Å². The van der Waals surface area contributed by atoms with Gasteiger partial charge in [0.2, 0.25) is 5.91 Å². The highest BCUT2D eigenvalue weighted by molar-refractivity contribution is 5.81. The van der Waals surface area contributed by atoms with Crippen molar-refractivity contribution in [3.63, 3.8) is 0 Å². The summed E-state index contributed by atoms with van der Waals surface area (Å²) in [4.78, 5) is 11.8. The van der Waals surface area contributed by atoms with Gasteiger partial charge < -0.3 is 15.4 Å². The molecule has 0 saturated carbocycles. The molecule has 0 aromatic heterocycles. The quantitative estimate of drug-likeness (QED) is 0.859. The number of benzene rings is 2. The summed E-state index contributed by atoms with van der Waals surface area (Å²) in [5, 5.41) is 5.65. The van der Waals surface area contributed by atoms with Crippen molar-refractivity contribution in [3.05, 3.63) is 59.9 Å². The van der Waals surface area contributed by atoms with Crippen molar-refractivity contribution in [2.75, 3.05) is 19.0 Å². The molecule has 0 unspecified atom stereocenters. The molecule has 0 bridgehead atoms. The van der Waals surface area contributed by atoms with Gasteiger partial charge in [0.05, 0.1) is 19.3 Å². The van der Waals surface area contributed by atoms with Crippen molar-refractivity contribution in [2.45, 2.75) is 6.54 Å². The lowest BCUT2D eigenvalue weighted by Gasteiger charge is -2.11. The highest BCUT2D eigenvalue weighted by Crippen LogP contribution is 2.22. The average molecular weight is 288 g/mol. The lowest BCUT2D eigenvalue weighted by Crippen LogP contribution is -2.29. The monoisotopic (exact) mass is 288 g/mol. The Kier molecular flexibility index (Phi) is 5.15. The molecule has 0 aliphatic heterocycles. The van der Waals surface area contributed by atoms with Gasteiger partial charge in [0.1, 0.15) is 11.6 Å². The van der Waals surface area contributed by atoms with Gasteiger partial charge in [-0.2, -0.15) is 0 Å². The van der Waals surface area contributed by atoms with E-state index in [1.165, 1.54) is 6.07 Å². The van der Waals surface area contributed by atoms with Gasteiger partial charge >= 0.3 is 0 Å². The Morgan fingerprint density at radius 2 is 1.86 bits per heavy atom. The molecule has 0 saturated heterocycles. The van der Waals surface area contributed by atoms with Crippen molar-refractivity contribution >= 4 is 11.6 Å². The second kappa shape index (κ2) is 7.28. The predicted molar refractivity (Wildman–Crippen MR) is 79.7 cm³/mol. The number of halogens is 1. The second-order valence-electron chi connectivity index (χ2n) is 4.42. The number of nitrogens with one attached hydrogen (secondary N) is 2. The number of hydrogen-bond donors (Lipinski definition) is 2. The van der Waals surface area contributed by atoms with Crippen LogP contribution >= 0.6 is 0 Å². The van der Waals surface area contributed by atoms with E-state index >= 15 is 0 Å². The molecule has 110 valence electrons. The zero-order valence-corrected chi connectivity index (χ0v) is 11.7. The summed E-state index contributed by atoms with van der Waals surface area (Å²) in [6, 6.07) is 13.7. The van der Waals surface area contributed by atoms with E-state index in [1.54, 1.807) is 31.4 Å². The number of anilines is 1. The van der Waals surface area contributed by atoms with Crippen LogP contribution in [0.4, 0.5) is 10.1 Å². The number of rotatable bonds is 6. The molecule has 0 aliphatic carbocycles. The average Bonchev–Trinajstić information content (AvgIpc) is 2.52. The summed E-state index contributed by atoms with van der Waals surface area (Å²) in [5.41, 5.74) is 1.20. The van der Waals surface area contributed by atoms with E-state index in [4.69, 9.17) is 4.74 Å². The molecule has 0 radical (unpaired) electrons. The summed E-state index contributed by atoms with van der Waals surface area (Å²) in [6.45, 7) is 0.258. The van der Waals surface area contributed by atoms with E-state index in [-0.39, 0.29) is 24.8 Å². The minimum Gasteiger partial charge on any atom is -0.495 e. The minimum absolute atomic E-state index is 0.0921. The zero-order chi connectivity index (χ0) is 15.1. The van der Waals surface area contributed by atoms with Crippen LogP contribution in [0.15, 0.2) is 48.5 Å². The Balaban J connectivity index is 1.84. The van der Waals surface area contributed by atoms with Gasteiger partial charge in [-0.1, -0.05) is 30.3 Å². The Morgan fingerprint density at radius 3 is 2.62 bits per heavy atom. The summed E-state index contributed by atoms with van der Waals surface area (Å²) >= 11 is 0. The molecule has 21 heavy (non-hydrogen) atoms. The largest absolute Gasteiger partial charge is 0.495 e. The molecule has 1 amide bonds. The van der Waals surface area contributed by atoms with E-state index in [0.29, 0.717) is 11.3 Å². The Bertz CT molecular complexity index is 617. The maximum Gasteiger partial charge on any atom is 0.239 e. The molecule has 0 spiro atoms. The summed E-state index contributed by atoms with van der Waals surface area (Å²) in [7, 11) is 1.57. The number of para-hydroxylation sites is 2. The first kappa shape index (κ1) is 14.8. The van der Waals surface area contributed by atoms with Crippen molar-refractivity contribution in [1.82, 2.24) is 5.32 Å². The molecular weight excluding hydrogens is 271 g/mol. The first-order chi connectivity index (χ1) is 10.2. The van der Waals surface area contributed by atoms with Crippen LogP contribution < -0.4 is 15.4 Å². The predicted octanol–water partition coefficient (Wildman–Crippen LogP) is 2.56. The summed E-state index contributed by atoms with van der Waals surface area (Å²) in [5.74, 6) is 0.124. The smallest absolute Gasteiger partial charge is 0.239 e. The molecule has 0 aliphatic rings. The van der Waals surface area contributed by atoms with E-state index < -0.39 is 0 Å². The van der Waals surface area contributed by atoms with Gasteiger partial charge in [0.25, 0.3) is 0 Å². The maximum atomic E-state index is 13.4. The molecular formula is C16H17FN2O2. The lowest BCUT2D eigenvalue weighted by molar-refractivity contribution is -0.119. The van der Waals surface area contributed by atoms with Crippen LogP contribution in [0.1, 0.15) is 5.56 Å². The van der Waals surface area contributed by atoms with Crippen molar-refractivity contribution < 1.29 is 13.9 Å². The third-order valence-corrected chi connectivity index (χ3v) is 2.98. The first-order valence-electron chi connectivity index (χ1n) is 6.57. The highest BCUT2D eigenvalue weighted by atomic mass is 19.1. The van der Waals surface area contributed by atoms with Gasteiger partial charge in [-0.15, -0.1) is 0 Å². The third kappa shape index (κ3) is 4.21. The number of hydrogen-bond acceptors (Lipinski definition) is 3. The Labute approximate surface area is 122 Å². The van der Waals surface area contributed by atoms with E-state index in [9.17, 15) is 9.18 Å². The topological polar surface area (TPSA) is 50.4 Å². The van der Waals surface area contributed by atoms with Gasteiger partial charge in [-0.3, -0.25) is 4.79 Å². The fraction of sp³-hybridized carbons (Fsp3) is 0.188. The molecule has 4 nitrogen and oxygen atoms in total. The molecule has 0 atom stereocenters. The van der Waals surface area contributed by atoms with Crippen LogP contribution in [0.5, 0.6) is 5.75 Å². The van der Waals surface area contributed by atoms with Crippen molar-refractivity contribution in [1.29, 1.82) is 0 Å². The number of methoxy groups -OCH3 is 1. The van der Waals surface area contributed by atoms with E-state index in [0.717, 1.165) is 5.69 Å². The maximum absolute atomic E-state index is 13.4. The van der Waals surface area contributed by atoms with Gasteiger partial charge in [-0.05, 0) is 18.2 Å². The third-order valence-electron chi connectivity index (χ3n) is 2.98. The molecule has 5 heteroatoms. The van der Waals surface area contributed by atoms with Crippen LogP contribution in [0.3, 0.4) is 0 Å². The second-order valence-corrected chi connectivity index (χ2v) is 4.42. The van der Waals surface area contributed by atoms with Crippen molar-refractivity contribution in [2.24, 2.45) is 0 Å². The molecule has 2 aromatic rings. The SMILES string of the molecule is COc1ccccc1NCC(=O)NCc1ccccc1F. The van der Waals surface area contributed by atoms with Crippen LogP contribution in [0, 0.1) is 5.82 Å². The number of carbonyl (C=O) groups is 1. The number of amides is 1. The molecule has 2 N–H and O–H groups in total. The minimum atomic E-state index is -0.324. The normalized spacial score (nSPS) is 10.0. The van der Waals surface area contributed by atoms with Gasteiger partial charge in [0, 0.05) is 12.1 Å². The Hall–Kier alpha value is -2.56. The van der Waals surface area contributed by atoms with Crippen LogP contribution in [0.2, 0.25) is 0 Å². The summed E-state index contributed by atoms with van der Waals surface area (Å²) in [6.07, 6.45) is 0. The van der Waals surface area contributed by atoms with E-state index in [2.05, 4.69) is 10.6 Å². The molecule has 0 heterocycles. The standard InChI is InChI=1S/C16H17FN2O2/c1-21-15-9-5-4-8-14(15)18-11-16(20)19-10-12-6-2-3-7-13(12)17/h2-9,18H,10-11H2,1H3,(H,19,20). The fourth-order valence-corrected chi connectivity index (χ4v) is 1.86. The fourth-order valence-electron chi connectivity index (χ4n) is 1.86. The highest BCUT2D eigenvalue weighted by Gasteiger charge is 2.06. The van der Waals surface area contributed by atoms with Crippen molar-refractivity contribution in [3.8, 4) is 5.75 Å². The van der Waals surface area contributed by atoms with Crippen LogP contribution in [0.25, 0.3) is 0 Å². The van der Waals surface area contributed by atoms with E-state index in [1.807, 2.05) is 18.2 Å². The zero-order valence-electron chi connectivity index (χ0n) is 11.7. The Morgan fingerprint density at radius 1 is 1.14 bits per heavy atom. The molecule has 2 aromatic carbocycles. The molecule has 2 rings (SSSR count).